The topological polar surface area (TPSA) is 77.4 Å². The lowest BCUT2D eigenvalue weighted by Gasteiger charge is -2.27. The molecule has 8 nitrogen and oxygen atoms in total. The summed E-state index contributed by atoms with van der Waals surface area (Å²) in [6.45, 7) is 4.94. The second kappa shape index (κ2) is 7.74. The highest BCUT2D eigenvalue weighted by atomic mass is 35.5. The highest BCUT2D eigenvalue weighted by molar-refractivity contribution is 6.30. The van der Waals surface area contributed by atoms with Gasteiger partial charge in [0.1, 0.15) is 0 Å². The molecule has 1 aliphatic heterocycles. The predicted octanol–water partition coefficient (Wildman–Crippen LogP) is 3.13. The highest BCUT2D eigenvalue weighted by Crippen LogP contribution is 2.28. The van der Waals surface area contributed by atoms with Crippen molar-refractivity contribution in [2.75, 3.05) is 5.01 Å². The molecule has 168 valence electrons. The number of aromatic nitrogens is 4. The summed E-state index contributed by atoms with van der Waals surface area (Å²) in [5.74, 6) is 0.530. The zero-order chi connectivity index (χ0) is 23.4. The van der Waals surface area contributed by atoms with Gasteiger partial charge in [-0.15, -0.1) is 0 Å². The van der Waals surface area contributed by atoms with E-state index in [4.69, 9.17) is 21.7 Å². The molecule has 2 aromatic heterocycles. The van der Waals surface area contributed by atoms with Gasteiger partial charge in [-0.3, -0.25) is 18.5 Å². The van der Waals surface area contributed by atoms with Gasteiger partial charge in [-0.2, -0.15) is 10.1 Å². The Labute approximate surface area is 195 Å². The van der Waals surface area contributed by atoms with E-state index in [1.165, 1.54) is 11.6 Å². The molecule has 0 radical (unpaired) electrons. The molecule has 0 aliphatic carbocycles. The first-order chi connectivity index (χ1) is 15.7. The first-order valence-electron chi connectivity index (χ1n) is 10.6. The zero-order valence-corrected chi connectivity index (χ0v) is 19.6. The van der Waals surface area contributed by atoms with Crippen LogP contribution in [0.3, 0.4) is 0 Å². The van der Waals surface area contributed by atoms with Crippen LogP contribution < -0.4 is 16.3 Å². The fraction of sp³-hybridized carbons (Fsp3) is 0.250. The van der Waals surface area contributed by atoms with Crippen LogP contribution in [0.5, 0.6) is 0 Å². The van der Waals surface area contributed by atoms with Gasteiger partial charge in [-0.05, 0) is 42.7 Å². The van der Waals surface area contributed by atoms with E-state index in [-0.39, 0.29) is 5.56 Å². The molecule has 0 unspecified atom stereocenters. The Bertz CT molecular complexity index is 1560. The monoisotopic (exact) mass is 462 g/mol. The summed E-state index contributed by atoms with van der Waals surface area (Å²) in [5, 5.41) is 7.36. The smallest absolute Gasteiger partial charge is 0.297 e. The van der Waals surface area contributed by atoms with Gasteiger partial charge in [-0.25, -0.2) is 9.80 Å². The number of hydrazone groups is 1. The Hall–Kier alpha value is -3.65. The predicted molar refractivity (Wildman–Crippen MR) is 130 cm³/mol. The number of anilines is 1. The Kier molecular flexibility index (Phi) is 4.97. The lowest BCUT2D eigenvalue weighted by Crippen LogP contribution is -2.38. The lowest BCUT2D eigenvalue weighted by molar-refractivity contribution is 0.699. The second-order valence-corrected chi connectivity index (χ2v) is 8.85. The third-order valence-corrected chi connectivity index (χ3v) is 6.36. The van der Waals surface area contributed by atoms with Crippen LogP contribution in [0.2, 0.25) is 5.02 Å². The molecular weight excluding hydrogens is 440 g/mol. The van der Waals surface area contributed by atoms with Crippen LogP contribution in [0.4, 0.5) is 5.95 Å². The van der Waals surface area contributed by atoms with Gasteiger partial charge in [-0.1, -0.05) is 47.5 Å². The number of halogens is 1. The molecule has 5 rings (SSSR count). The molecule has 2 aromatic carbocycles. The number of imidazole rings is 1. The van der Waals surface area contributed by atoms with Crippen LogP contribution in [-0.2, 0) is 27.2 Å². The fourth-order valence-corrected chi connectivity index (χ4v) is 4.31. The molecule has 9 heteroatoms. The molecule has 0 amide bonds. The average Bonchev–Trinajstić information content (AvgIpc) is 3.19. The molecule has 0 fully saturated rings. The molecule has 0 N–H and O–H groups in total. The molecule has 33 heavy (non-hydrogen) atoms. The minimum Gasteiger partial charge on any atom is -0.297 e. The van der Waals surface area contributed by atoms with Gasteiger partial charge in [0.2, 0.25) is 5.95 Å². The maximum absolute atomic E-state index is 13.1. The number of rotatable bonds is 3. The van der Waals surface area contributed by atoms with Crippen molar-refractivity contribution in [3.8, 4) is 0 Å². The van der Waals surface area contributed by atoms with Crippen LogP contribution in [0.25, 0.3) is 11.2 Å². The van der Waals surface area contributed by atoms with Gasteiger partial charge in [0.25, 0.3) is 5.56 Å². The molecule has 0 bridgehead atoms. The van der Waals surface area contributed by atoms with Crippen molar-refractivity contribution < 1.29 is 0 Å². The number of hydrogen-bond acceptors (Lipinski definition) is 5. The fourth-order valence-electron chi connectivity index (χ4n) is 4.18. The third kappa shape index (κ3) is 3.47. The molecule has 0 saturated carbocycles. The van der Waals surface area contributed by atoms with E-state index in [2.05, 4.69) is 32.0 Å². The SMILES string of the molecule is Cc1ccc(C)c(CN2N=C(c3ccc(Cl)cc3)Cn3c2nc2c3c(=O)n(C)c(=O)n2C)c1. The van der Waals surface area contributed by atoms with Crippen LogP contribution in [0, 0.1) is 13.8 Å². The zero-order valence-electron chi connectivity index (χ0n) is 18.8. The standard InChI is InChI=1S/C24H23ClN6O2/c1-14-5-6-15(2)17(11-14)12-31-23-26-21-20(22(32)29(4)24(33)28(21)3)30(23)13-19(27-31)16-7-9-18(25)10-8-16/h5-11H,12-13H2,1-4H3. The van der Waals surface area contributed by atoms with Gasteiger partial charge in [0, 0.05) is 19.1 Å². The molecule has 4 aromatic rings. The second-order valence-electron chi connectivity index (χ2n) is 8.42. The number of hydrogen-bond donors (Lipinski definition) is 0. The lowest BCUT2D eigenvalue weighted by atomic mass is 10.1. The van der Waals surface area contributed by atoms with E-state index in [1.807, 2.05) is 28.8 Å². The maximum Gasteiger partial charge on any atom is 0.332 e. The molecule has 0 spiro atoms. The first kappa shape index (κ1) is 21.2. The summed E-state index contributed by atoms with van der Waals surface area (Å²) >= 11 is 6.09. The van der Waals surface area contributed by atoms with Gasteiger partial charge >= 0.3 is 5.69 Å². The van der Waals surface area contributed by atoms with E-state index in [0.717, 1.165) is 32.5 Å². The Morgan fingerprint density at radius 2 is 1.73 bits per heavy atom. The van der Waals surface area contributed by atoms with E-state index in [1.54, 1.807) is 12.1 Å². The van der Waals surface area contributed by atoms with Gasteiger partial charge in [0.05, 0.1) is 18.8 Å². The molecule has 0 atom stereocenters. The van der Waals surface area contributed by atoms with E-state index < -0.39 is 5.69 Å². The van der Waals surface area contributed by atoms with E-state index in [0.29, 0.717) is 35.2 Å². The van der Waals surface area contributed by atoms with Crippen molar-refractivity contribution in [3.63, 3.8) is 0 Å². The normalized spacial score (nSPS) is 13.4. The molecular formula is C24H23ClN6O2. The molecule has 1 aliphatic rings. The van der Waals surface area contributed by atoms with Crippen molar-refractivity contribution in [1.82, 2.24) is 18.7 Å². The van der Waals surface area contributed by atoms with Crippen LogP contribution >= 0.6 is 11.6 Å². The van der Waals surface area contributed by atoms with Crippen LogP contribution in [-0.4, -0.2) is 24.4 Å². The number of aryl methyl sites for hydroxylation is 3. The van der Waals surface area contributed by atoms with Crippen molar-refractivity contribution in [2.24, 2.45) is 19.2 Å². The van der Waals surface area contributed by atoms with Crippen molar-refractivity contribution >= 4 is 34.4 Å². The molecule has 3 heterocycles. The summed E-state index contributed by atoms with van der Waals surface area (Å²) in [4.78, 5) is 30.3. The van der Waals surface area contributed by atoms with Crippen molar-refractivity contribution in [1.29, 1.82) is 0 Å². The minimum absolute atomic E-state index is 0.344. The van der Waals surface area contributed by atoms with Crippen molar-refractivity contribution in [3.05, 3.63) is 90.6 Å². The quantitative estimate of drug-likeness (QED) is 0.468. The van der Waals surface area contributed by atoms with Gasteiger partial charge < -0.3 is 0 Å². The summed E-state index contributed by atoms with van der Waals surface area (Å²) < 4.78 is 4.36. The van der Waals surface area contributed by atoms with E-state index >= 15 is 0 Å². The third-order valence-electron chi connectivity index (χ3n) is 6.11. The Morgan fingerprint density at radius 1 is 1.00 bits per heavy atom. The number of benzene rings is 2. The maximum atomic E-state index is 13.1. The molecule has 0 saturated heterocycles. The first-order valence-corrected chi connectivity index (χ1v) is 11.0. The van der Waals surface area contributed by atoms with Crippen LogP contribution in [0.1, 0.15) is 22.3 Å². The number of fused-ring (bicyclic) bond motifs is 3. The summed E-state index contributed by atoms with van der Waals surface area (Å²) in [6.07, 6.45) is 0. The largest absolute Gasteiger partial charge is 0.332 e. The van der Waals surface area contributed by atoms with Gasteiger partial charge in [0.15, 0.2) is 11.2 Å². The Morgan fingerprint density at radius 3 is 2.45 bits per heavy atom. The van der Waals surface area contributed by atoms with Crippen LogP contribution in [0.15, 0.2) is 57.2 Å². The highest BCUT2D eigenvalue weighted by Gasteiger charge is 2.28. The summed E-state index contributed by atoms with van der Waals surface area (Å²) in [7, 11) is 3.11. The minimum atomic E-state index is -0.414. The average molecular weight is 463 g/mol. The van der Waals surface area contributed by atoms with E-state index in [9.17, 15) is 9.59 Å². The Balaban J connectivity index is 1.74. The summed E-state index contributed by atoms with van der Waals surface area (Å²) in [6, 6.07) is 13.7. The van der Waals surface area contributed by atoms with Crippen molar-refractivity contribution in [2.45, 2.75) is 26.9 Å². The summed E-state index contributed by atoms with van der Waals surface area (Å²) in [5.41, 5.74) is 5.01. The number of nitrogens with zero attached hydrogens (tertiary/aromatic N) is 6.